The minimum absolute atomic E-state index is 0. The van der Waals surface area contributed by atoms with Crippen molar-refractivity contribution in [2.24, 2.45) is 4.99 Å². The first-order valence-electron chi connectivity index (χ1n) is 10.7. The lowest BCUT2D eigenvalue weighted by Crippen LogP contribution is -2.44. The van der Waals surface area contributed by atoms with Gasteiger partial charge in [-0.3, -0.25) is 9.88 Å². The summed E-state index contributed by atoms with van der Waals surface area (Å²) in [6.07, 6.45) is 4.50. The molecule has 0 amide bonds. The molecular formula is C23H34IN5O3. The Morgan fingerprint density at radius 1 is 1.19 bits per heavy atom. The molecule has 9 heteroatoms. The van der Waals surface area contributed by atoms with E-state index in [9.17, 15) is 0 Å². The molecule has 0 radical (unpaired) electrons. The lowest BCUT2D eigenvalue weighted by Gasteiger charge is -2.19. The molecule has 1 aromatic heterocycles. The highest BCUT2D eigenvalue weighted by molar-refractivity contribution is 14.0. The number of rotatable bonds is 10. The molecule has 2 heterocycles. The number of hydrogen-bond donors (Lipinski definition) is 2. The normalized spacial score (nSPS) is 16.2. The molecule has 3 rings (SSSR count). The molecular weight excluding hydrogens is 521 g/mol. The zero-order valence-corrected chi connectivity index (χ0v) is 21.4. The fourth-order valence-electron chi connectivity index (χ4n) is 3.58. The molecule has 1 aliphatic rings. The van der Waals surface area contributed by atoms with Gasteiger partial charge in [-0.15, -0.1) is 24.0 Å². The summed E-state index contributed by atoms with van der Waals surface area (Å²) in [6.45, 7) is 6.81. The van der Waals surface area contributed by atoms with Crippen LogP contribution in [-0.4, -0.2) is 68.9 Å². The molecule has 1 aliphatic heterocycles. The molecule has 1 aromatic carbocycles. The van der Waals surface area contributed by atoms with Crippen molar-refractivity contribution < 1.29 is 14.2 Å². The number of methoxy groups -OCH3 is 2. The maximum Gasteiger partial charge on any atom is 0.191 e. The lowest BCUT2D eigenvalue weighted by molar-refractivity contribution is 0.321. The molecule has 32 heavy (non-hydrogen) atoms. The Morgan fingerprint density at radius 3 is 2.62 bits per heavy atom. The van der Waals surface area contributed by atoms with E-state index >= 15 is 0 Å². The number of halogens is 1. The van der Waals surface area contributed by atoms with E-state index in [1.54, 1.807) is 26.6 Å². The molecule has 176 valence electrons. The van der Waals surface area contributed by atoms with E-state index in [0.717, 1.165) is 55.8 Å². The summed E-state index contributed by atoms with van der Waals surface area (Å²) in [7, 11) is 3.36. The monoisotopic (exact) mass is 555 g/mol. The Labute approximate surface area is 207 Å². The Bertz CT molecular complexity index is 815. The fourth-order valence-corrected chi connectivity index (χ4v) is 3.58. The average Bonchev–Trinajstić information content (AvgIpc) is 3.23. The van der Waals surface area contributed by atoms with Crippen LogP contribution < -0.4 is 24.8 Å². The van der Waals surface area contributed by atoms with Crippen LogP contribution in [0.3, 0.4) is 0 Å². The average molecular weight is 555 g/mol. The Morgan fingerprint density at radius 2 is 1.97 bits per heavy atom. The van der Waals surface area contributed by atoms with Crippen LogP contribution in [0.25, 0.3) is 0 Å². The van der Waals surface area contributed by atoms with E-state index in [2.05, 4.69) is 44.6 Å². The standard InChI is InChI=1S/C23H33N5O3.HI/c1-4-25-23(26-9-11-31-20-6-5-8-24-15-20)27-19-7-10-28(17-19)16-18-12-21(29-2)14-22(13-18)30-3;/h5-6,8,12-15,19H,4,7,9-11,16-17H2,1-3H3,(H2,25,26,27);1H. The maximum atomic E-state index is 5.67. The van der Waals surface area contributed by atoms with Crippen LogP contribution in [0.1, 0.15) is 18.9 Å². The molecule has 1 atom stereocenters. The minimum atomic E-state index is 0. The highest BCUT2D eigenvalue weighted by atomic mass is 127. The van der Waals surface area contributed by atoms with Crippen molar-refractivity contribution in [2.45, 2.75) is 25.9 Å². The van der Waals surface area contributed by atoms with Gasteiger partial charge in [-0.25, -0.2) is 4.99 Å². The third kappa shape index (κ3) is 8.34. The SMILES string of the molecule is CCNC(=NCCOc1cccnc1)NC1CCN(Cc2cc(OC)cc(OC)c2)C1.I. The second kappa shape index (κ2) is 14.0. The molecule has 0 spiro atoms. The molecule has 1 saturated heterocycles. The van der Waals surface area contributed by atoms with Crippen LogP contribution in [0.2, 0.25) is 0 Å². The molecule has 2 N–H and O–H groups in total. The van der Waals surface area contributed by atoms with Crippen LogP contribution in [0.4, 0.5) is 0 Å². The number of nitrogens with one attached hydrogen (secondary N) is 2. The van der Waals surface area contributed by atoms with Crippen molar-refractivity contribution in [1.82, 2.24) is 20.5 Å². The Hall–Kier alpha value is -2.27. The predicted molar refractivity (Wildman–Crippen MR) is 137 cm³/mol. The minimum Gasteiger partial charge on any atom is -0.497 e. The summed E-state index contributed by atoms with van der Waals surface area (Å²) >= 11 is 0. The first-order valence-corrected chi connectivity index (χ1v) is 10.7. The van der Waals surface area contributed by atoms with Crippen molar-refractivity contribution >= 4 is 29.9 Å². The van der Waals surface area contributed by atoms with E-state index in [1.165, 1.54) is 5.56 Å². The molecule has 1 fully saturated rings. The number of aliphatic imine (C=N–C) groups is 1. The third-order valence-corrected chi connectivity index (χ3v) is 5.04. The van der Waals surface area contributed by atoms with Gasteiger partial charge >= 0.3 is 0 Å². The number of ether oxygens (including phenoxy) is 3. The Kier molecular flexibility index (Phi) is 11.4. The summed E-state index contributed by atoms with van der Waals surface area (Å²) in [4.78, 5) is 11.1. The van der Waals surface area contributed by atoms with Crippen molar-refractivity contribution in [3.63, 3.8) is 0 Å². The van der Waals surface area contributed by atoms with Gasteiger partial charge in [0.25, 0.3) is 0 Å². The van der Waals surface area contributed by atoms with Gasteiger partial charge < -0.3 is 24.8 Å². The molecule has 0 bridgehead atoms. The molecule has 8 nitrogen and oxygen atoms in total. The van der Waals surface area contributed by atoms with Gasteiger partial charge in [-0.1, -0.05) is 0 Å². The second-order valence-electron chi connectivity index (χ2n) is 7.38. The summed E-state index contributed by atoms with van der Waals surface area (Å²) in [5, 5.41) is 6.88. The topological polar surface area (TPSA) is 80.2 Å². The summed E-state index contributed by atoms with van der Waals surface area (Å²) < 4.78 is 16.4. The number of hydrogen-bond acceptors (Lipinski definition) is 6. The van der Waals surface area contributed by atoms with Gasteiger partial charge in [-0.2, -0.15) is 0 Å². The summed E-state index contributed by atoms with van der Waals surface area (Å²) in [5.41, 5.74) is 1.19. The van der Waals surface area contributed by atoms with Gasteiger partial charge in [0.05, 0.1) is 27.0 Å². The van der Waals surface area contributed by atoms with Gasteiger partial charge in [0.1, 0.15) is 23.9 Å². The number of pyridine rings is 1. The number of nitrogens with zero attached hydrogens (tertiary/aromatic N) is 3. The largest absolute Gasteiger partial charge is 0.497 e. The fraction of sp³-hybridized carbons (Fsp3) is 0.478. The summed E-state index contributed by atoms with van der Waals surface area (Å²) in [6, 6.07) is 10.1. The first-order chi connectivity index (χ1) is 15.2. The van der Waals surface area contributed by atoms with Crippen molar-refractivity contribution in [3.05, 3.63) is 48.3 Å². The second-order valence-corrected chi connectivity index (χ2v) is 7.38. The van der Waals surface area contributed by atoms with E-state index in [4.69, 9.17) is 14.2 Å². The van der Waals surface area contributed by atoms with Crippen LogP contribution in [0, 0.1) is 0 Å². The van der Waals surface area contributed by atoms with Crippen molar-refractivity contribution in [3.8, 4) is 17.2 Å². The van der Waals surface area contributed by atoms with Crippen LogP contribution >= 0.6 is 24.0 Å². The van der Waals surface area contributed by atoms with Crippen LogP contribution in [0.15, 0.2) is 47.7 Å². The quantitative estimate of drug-likeness (QED) is 0.202. The highest BCUT2D eigenvalue weighted by Gasteiger charge is 2.23. The highest BCUT2D eigenvalue weighted by Crippen LogP contribution is 2.24. The number of aromatic nitrogens is 1. The predicted octanol–water partition coefficient (Wildman–Crippen LogP) is 2.93. The molecule has 0 saturated carbocycles. The van der Waals surface area contributed by atoms with E-state index in [-0.39, 0.29) is 24.0 Å². The lowest BCUT2D eigenvalue weighted by atomic mass is 10.2. The van der Waals surface area contributed by atoms with E-state index in [0.29, 0.717) is 19.2 Å². The van der Waals surface area contributed by atoms with Crippen LogP contribution in [-0.2, 0) is 6.54 Å². The smallest absolute Gasteiger partial charge is 0.191 e. The number of likely N-dealkylation sites (tertiary alicyclic amines) is 1. The molecule has 2 aromatic rings. The Balaban J connectivity index is 0.00000363. The zero-order chi connectivity index (χ0) is 21.9. The van der Waals surface area contributed by atoms with Crippen molar-refractivity contribution in [1.29, 1.82) is 0 Å². The molecule has 1 unspecified atom stereocenters. The zero-order valence-electron chi connectivity index (χ0n) is 19.0. The van der Waals surface area contributed by atoms with Gasteiger partial charge in [0.2, 0.25) is 0 Å². The maximum absolute atomic E-state index is 5.67. The van der Waals surface area contributed by atoms with Crippen LogP contribution in [0.5, 0.6) is 17.2 Å². The number of guanidine groups is 1. The van der Waals surface area contributed by atoms with E-state index in [1.807, 2.05) is 18.2 Å². The third-order valence-electron chi connectivity index (χ3n) is 5.04. The van der Waals surface area contributed by atoms with Gasteiger partial charge in [0.15, 0.2) is 5.96 Å². The number of benzene rings is 1. The first kappa shape index (κ1) is 26.0. The van der Waals surface area contributed by atoms with Gasteiger partial charge in [-0.05, 0) is 43.2 Å². The molecule has 0 aliphatic carbocycles. The van der Waals surface area contributed by atoms with Crippen molar-refractivity contribution in [2.75, 3.05) is 47.0 Å². The summed E-state index contributed by atoms with van der Waals surface area (Å²) in [5.74, 6) is 3.22. The van der Waals surface area contributed by atoms with E-state index < -0.39 is 0 Å². The van der Waals surface area contributed by atoms with Gasteiger partial charge in [0, 0.05) is 44.5 Å².